The largest absolute Gasteiger partial charge is 0.324 e. The van der Waals surface area contributed by atoms with Gasteiger partial charge in [0, 0.05) is 6.04 Å². The molecule has 0 aliphatic heterocycles. The van der Waals surface area contributed by atoms with Crippen LogP contribution in [0.25, 0.3) is 0 Å². The van der Waals surface area contributed by atoms with E-state index in [1.807, 2.05) is 0 Å². The molecule has 1 aromatic carbocycles. The molecule has 2 N–H and O–H groups in total. The van der Waals surface area contributed by atoms with E-state index in [-0.39, 0.29) is 6.04 Å². The molecule has 2 aliphatic carbocycles. The lowest BCUT2D eigenvalue weighted by atomic mass is 9.93. The predicted molar refractivity (Wildman–Crippen MR) is 58.3 cm³/mol. The Morgan fingerprint density at radius 3 is 2.86 bits per heavy atom. The van der Waals surface area contributed by atoms with Crippen molar-refractivity contribution in [3.8, 4) is 0 Å². The minimum atomic E-state index is 0.287. The smallest absolute Gasteiger partial charge is 0.0332 e. The zero-order valence-electron chi connectivity index (χ0n) is 8.88. The van der Waals surface area contributed by atoms with E-state index in [2.05, 4.69) is 26.0 Å². The molecular weight excluding hydrogens is 170 g/mol. The molecule has 3 unspecified atom stereocenters. The lowest BCUT2D eigenvalue weighted by Gasteiger charge is -2.16. The Morgan fingerprint density at radius 2 is 2.07 bits per heavy atom. The van der Waals surface area contributed by atoms with Crippen LogP contribution in [0.5, 0.6) is 0 Å². The SMILES string of the molecule is Cc1ccc2c3c1C(N)C(C)C3CC2. The van der Waals surface area contributed by atoms with Gasteiger partial charge in [-0.2, -0.15) is 0 Å². The third-order valence-corrected chi connectivity index (χ3v) is 4.23. The summed E-state index contributed by atoms with van der Waals surface area (Å²) in [6, 6.07) is 4.84. The van der Waals surface area contributed by atoms with Gasteiger partial charge in [-0.3, -0.25) is 0 Å². The van der Waals surface area contributed by atoms with Gasteiger partial charge in [0.15, 0.2) is 0 Å². The van der Waals surface area contributed by atoms with E-state index >= 15 is 0 Å². The number of aryl methyl sites for hydroxylation is 2. The molecule has 0 bridgehead atoms. The van der Waals surface area contributed by atoms with Gasteiger partial charge < -0.3 is 5.73 Å². The maximum atomic E-state index is 6.28. The summed E-state index contributed by atoms with van der Waals surface area (Å²) < 4.78 is 0. The molecule has 1 aromatic rings. The van der Waals surface area contributed by atoms with Gasteiger partial charge in [0.2, 0.25) is 0 Å². The van der Waals surface area contributed by atoms with Crippen LogP contribution in [0.4, 0.5) is 0 Å². The van der Waals surface area contributed by atoms with Gasteiger partial charge in [0.05, 0.1) is 0 Å². The maximum Gasteiger partial charge on any atom is 0.0332 e. The first-order valence-corrected chi connectivity index (χ1v) is 5.58. The molecule has 0 aromatic heterocycles. The van der Waals surface area contributed by atoms with E-state index < -0.39 is 0 Å². The molecule has 1 nitrogen and oxygen atoms in total. The van der Waals surface area contributed by atoms with Crippen LogP contribution in [0.2, 0.25) is 0 Å². The lowest BCUT2D eigenvalue weighted by Crippen LogP contribution is -2.17. The van der Waals surface area contributed by atoms with E-state index in [0.717, 1.165) is 5.92 Å². The Balaban J connectivity index is 2.30. The molecule has 0 amide bonds. The molecule has 0 saturated heterocycles. The monoisotopic (exact) mass is 187 g/mol. The molecule has 0 fully saturated rings. The van der Waals surface area contributed by atoms with E-state index in [1.165, 1.54) is 24.0 Å². The summed E-state index contributed by atoms with van der Waals surface area (Å²) in [5.41, 5.74) is 12.3. The van der Waals surface area contributed by atoms with E-state index in [0.29, 0.717) is 5.92 Å². The third-order valence-electron chi connectivity index (χ3n) is 4.23. The van der Waals surface area contributed by atoms with Gasteiger partial charge in [-0.1, -0.05) is 19.1 Å². The molecule has 2 aliphatic rings. The zero-order valence-corrected chi connectivity index (χ0v) is 8.88. The minimum absolute atomic E-state index is 0.287. The fourth-order valence-corrected chi connectivity index (χ4v) is 3.38. The van der Waals surface area contributed by atoms with Crippen LogP contribution in [0, 0.1) is 12.8 Å². The lowest BCUT2D eigenvalue weighted by molar-refractivity contribution is 0.423. The molecule has 0 spiro atoms. The van der Waals surface area contributed by atoms with Crippen LogP contribution >= 0.6 is 0 Å². The van der Waals surface area contributed by atoms with Crippen LogP contribution < -0.4 is 5.73 Å². The molecular formula is C13H17N. The van der Waals surface area contributed by atoms with E-state index in [1.54, 1.807) is 11.1 Å². The van der Waals surface area contributed by atoms with Crippen molar-refractivity contribution in [2.75, 3.05) is 0 Å². The molecule has 74 valence electrons. The number of hydrogen-bond acceptors (Lipinski definition) is 1. The van der Waals surface area contributed by atoms with Crippen LogP contribution in [0.1, 0.15) is 47.6 Å². The second-order valence-electron chi connectivity index (χ2n) is 4.90. The molecule has 0 heterocycles. The fraction of sp³-hybridized carbons (Fsp3) is 0.538. The summed E-state index contributed by atoms with van der Waals surface area (Å²) in [6.45, 7) is 4.51. The predicted octanol–water partition coefficient (Wildman–Crippen LogP) is 2.67. The standard InChI is InChI=1S/C13H17N/c1-7-3-4-9-5-6-10-8(2)13(14)11(7)12(9)10/h3-4,8,10,13H,5-6,14H2,1-2H3. The van der Waals surface area contributed by atoms with Crippen molar-refractivity contribution in [1.82, 2.24) is 0 Å². The third kappa shape index (κ3) is 0.838. The summed E-state index contributed by atoms with van der Waals surface area (Å²) in [6.07, 6.45) is 2.59. The highest BCUT2D eigenvalue weighted by Crippen LogP contribution is 2.52. The molecule has 14 heavy (non-hydrogen) atoms. The summed E-state index contributed by atoms with van der Waals surface area (Å²) in [5.74, 6) is 1.40. The highest BCUT2D eigenvalue weighted by atomic mass is 14.7. The Kier molecular flexibility index (Phi) is 1.58. The second kappa shape index (κ2) is 2.60. The van der Waals surface area contributed by atoms with Crippen molar-refractivity contribution in [2.45, 2.75) is 38.6 Å². The van der Waals surface area contributed by atoms with Crippen molar-refractivity contribution >= 4 is 0 Å². The van der Waals surface area contributed by atoms with Gasteiger partial charge in [-0.05, 0) is 53.9 Å². The van der Waals surface area contributed by atoms with Crippen LogP contribution in [-0.4, -0.2) is 0 Å². The van der Waals surface area contributed by atoms with E-state index in [4.69, 9.17) is 5.73 Å². The van der Waals surface area contributed by atoms with Gasteiger partial charge in [-0.25, -0.2) is 0 Å². The average Bonchev–Trinajstić information content (AvgIpc) is 2.68. The zero-order chi connectivity index (χ0) is 9.87. The Hall–Kier alpha value is -0.820. The normalized spacial score (nSPS) is 33.5. The van der Waals surface area contributed by atoms with Crippen molar-refractivity contribution in [1.29, 1.82) is 0 Å². The summed E-state index contributed by atoms with van der Waals surface area (Å²) in [4.78, 5) is 0. The maximum absolute atomic E-state index is 6.28. The summed E-state index contributed by atoms with van der Waals surface area (Å²) >= 11 is 0. The number of nitrogens with two attached hydrogens (primary N) is 1. The van der Waals surface area contributed by atoms with Crippen molar-refractivity contribution in [2.24, 2.45) is 11.7 Å². The fourth-order valence-electron chi connectivity index (χ4n) is 3.38. The molecule has 0 saturated carbocycles. The molecule has 3 rings (SSSR count). The van der Waals surface area contributed by atoms with Crippen molar-refractivity contribution in [3.05, 3.63) is 34.4 Å². The highest BCUT2D eigenvalue weighted by Gasteiger charge is 2.40. The second-order valence-corrected chi connectivity index (χ2v) is 4.90. The first kappa shape index (κ1) is 8.49. The quantitative estimate of drug-likeness (QED) is 0.664. The summed E-state index contributed by atoms with van der Waals surface area (Å²) in [7, 11) is 0. The summed E-state index contributed by atoms with van der Waals surface area (Å²) in [5, 5.41) is 0. The average molecular weight is 187 g/mol. The van der Waals surface area contributed by atoms with Gasteiger partial charge >= 0.3 is 0 Å². The number of hydrogen-bond donors (Lipinski definition) is 1. The van der Waals surface area contributed by atoms with Gasteiger partial charge in [-0.15, -0.1) is 0 Å². The topological polar surface area (TPSA) is 26.0 Å². The molecule has 3 atom stereocenters. The van der Waals surface area contributed by atoms with Crippen LogP contribution in [-0.2, 0) is 6.42 Å². The van der Waals surface area contributed by atoms with Crippen LogP contribution in [0.3, 0.4) is 0 Å². The first-order valence-electron chi connectivity index (χ1n) is 5.58. The Morgan fingerprint density at radius 1 is 1.29 bits per heavy atom. The van der Waals surface area contributed by atoms with Crippen LogP contribution in [0.15, 0.2) is 12.1 Å². The molecule has 1 heteroatoms. The highest BCUT2D eigenvalue weighted by molar-refractivity contribution is 5.51. The molecule has 0 radical (unpaired) electrons. The Labute approximate surface area is 85.3 Å². The van der Waals surface area contributed by atoms with Gasteiger partial charge in [0.1, 0.15) is 0 Å². The number of rotatable bonds is 0. The first-order chi connectivity index (χ1) is 6.70. The van der Waals surface area contributed by atoms with Gasteiger partial charge in [0.25, 0.3) is 0 Å². The Bertz CT molecular complexity index is 394. The van der Waals surface area contributed by atoms with Crippen molar-refractivity contribution in [3.63, 3.8) is 0 Å². The number of benzene rings is 1. The van der Waals surface area contributed by atoms with Crippen molar-refractivity contribution < 1.29 is 0 Å². The van der Waals surface area contributed by atoms with E-state index in [9.17, 15) is 0 Å². The minimum Gasteiger partial charge on any atom is -0.324 e.